The maximum absolute atomic E-state index is 6.30. The van der Waals surface area contributed by atoms with E-state index in [1.807, 2.05) is 26.2 Å². The van der Waals surface area contributed by atoms with Gasteiger partial charge in [-0.3, -0.25) is 0 Å². The van der Waals surface area contributed by atoms with E-state index in [1.54, 1.807) is 6.07 Å². The zero-order valence-electron chi connectivity index (χ0n) is 12.5. The van der Waals surface area contributed by atoms with Gasteiger partial charge in [0, 0.05) is 35.5 Å². The lowest BCUT2D eigenvalue weighted by molar-refractivity contribution is 0.749. The van der Waals surface area contributed by atoms with Gasteiger partial charge in [0.25, 0.3) is 0 Å². The van der Waals surface area contributed by atoms with Gasteiger partial charge in [0.1, 0.15) is 0 Å². The molecule has 2 aromatic rings. The van der Waals surface area contributed by atoms with Crippen LogP contribution in [0.2, 0.25) is 10.0 Å². The van der Waals surface area contributed by atoms with E-state index >= 15 is 0 Å². The van der Waals surface area contributed by atoms with Crippen LogP contribution in [-0.2, 0) is 0 Å². The smallest absolute Gasteiger partial charge is 0.0525 e. The minimum Gasteiger partial charge on any atom is -0.378 e. The summed E-state index contributed by atoms with van der Waals surface area (Å²) in [4.78, 5) is 2.08. The zero-order valence-corrected chi connectivity index (χ0v) is 14.0. The summed E-state index contributed by atoms with van der Waals surface area (Å²) in [6.07, 6.45) is 0.941. The van der Waals surface area contributed by atoms with Crippen molar-refractivity contribution in [3.63, 3.8) is 0 Å². The van der Waals surface area contributed by atoms with Crippen LogP contribution in [0.25, 0.3) is 0 Å². The molecule has 0 amide bonds. The van der Waals surface area contributed by atoms with Gasteiger partial charge in [-0.05, 0) is 48.4 Å². The Bertz CT molecular complexity index is 594. The monoisotopic (exact) mass is 322 g/mol. The van der Waals surface area contributed by atoms with Gasteiger partial charge in [0.05, 0.1) is 6.04 Å². The highest BCUT2D eigenvalue weighted by molar-refractivity contribution is 6.35. The van der Waals surface area contributed by atoms with Gasteiger partial charge in [-0.15, -0.1) is 0 Å². The first kappa shape index (κ1) is 16.0. The Hall–Kier alpha value is -1.38. The lowest BCUT2D eigenvalue weighted by Gasteiger charge is -2.21. The first-order chi connectivity index (χ1) is 10.0. The van der Waals surface area contributed by atoms with E-state index in [9.17, 15) is 0 Å². The Morgan fingerprint density at radius 2 is 1.71 bits per heavy atom. The van der Waals surface area contributed by atoms with Crippen LogP contribution in [0.1, 0.15) is 24.9 Å². The lowest BCUT2D eigenvalue weighted by atomic mass is 10.0. The molecule has 0 heterocycles. The molecule has 0 spiro atoms. The van der Waals surface area contributed by atoms with E-state index in [0.717, 1.165) is 17.7 Å². The second kappa shape index (κ2) is 7.06. The second-order valence-electron chi connectivity index (χ2n) is 5.21. The SMILES string of the molecule is CCC(Nc1ccc(N(C)C)cc1)c1ccc(Cl)cc1Cl. The average molecular weight is 323 g/mol. The summed E-state index contributed by atoms with van der Waals surface area (Å²) < 4.78 is 0. The molecule has 2 nitrogen and oxygen atoms in total. The lowest BCUT2D eigenvalue weighted by Crippen LogP contribution is -2.11. The fraction of sp³-hybridized carbons (Fsp3) is 0.294. The Labute approximate surface area is 136 Å². The van der Waals surface area contributed by atoms with Crippen molar-refractivity contribution in [1.82, 2.24) is 0 Å². The number of nitrogens with zero attached hydrogens (tertiary/aromatic N) is 1. The van der Waals surface area contributed by atoms with E-state index in [2.05, 4.69) is 41.4 Å². The molecule has 0 aliphatic heterocycles. The van der Waals surface area contributed by atoms with Crippen LogP contribution in [-0.4, -0.2) is 14.1 Å². The highest BCUT2D eigenvalue weighted by atomic mass is 35.5. The molecule has 0 fully saturated rings. The average Bonchev–Trinajstić information content (AvgIpc) is 2.46. The van der Waals surface area contributed by atoms with Gasteiger partial charge in [-0.2, -0.15) is 0 Å². The van der Waals surface area contributed by atoms with Crippen LogP contribution in [0.15, 0.2) is 42.5 Å². The number of hydrogen-bond acceptors (Lipinski definition) is 2. The molecule has 0 radical (unpaired) electrons. The fourth-order valence-electron chi connectivity index (χ4n) is 2.24. The molecule has 21 heavy (non-hydrogen) atoms. The second-order valence-corrected chi connectivity index (χ2v) is 6.06. The standard InChI is InChI=1S/C17H20Cl2N2/c1-4-17(15-10-5-12(18)11-16(15)19)20-13-6-8-14(9-7-13)21(2)3/h5-11,17,20H,4H2,1-3H3. The van der Waals surface area contributed by atoms with Crippen molar-refractivity contribution in [3.05, 3.63) is 58.1 Å². The van der Waals surface area contributed by atoms with E-state index in [4.69, 9.17) is 23.2 Å². The van der Waals surface area contributed by atoms with Gasteiger partial charge in [0.2, 0.25) is 0 Å². The Morgan fingerprint density at radius 3 is 2.24 bits per heavy atom. The van der Waals surface area contributed by atoms with Crippen molar-refractivity contribution in [2.24, 2.45) is 0 Å². The third-order valence-corrected chi connectivity index (χ3v) is 4.03. The molecule has 0 saturated carbocycles. The number of rotatable bonds is 5. The van der Waals surface area contributed by atoms with Gasteiger partial charge in [-0.1, -0.05) is 36.2 Å². The number of anilines is 2. The van der Waals surface area contributed by atoms with Crippen LogP contribution in [0.3, 0.4) is 0 Å². The quantitative estimate of drug-likeness (QED) is 0.768. The minimum absolute atomic E-state index is 0.167. The molecule has 0 saturated heterocycles. The molecular weight excluding hydrogens is 303 g/mol. The Kier molecular flexibility index (Phi) is 5.38. The first-order valence-corrected chi connectivity index (χ1v) is 7.75. The molecule has 1 atom stereocenters. The number of hydrogen-bond donors (Lipinski definition) is 1. The van der Waals surface area contributed by atoms with Crippen LogP contribution in [0.5, 0.6) is 0 Å². The maximum atomic E-state index is 6.30. The highest BCUT2D eigenvalue weighted by Crippen LogP contribution is 2.31. The number of nitrogens with one attached hydrogen (secondary N) is 1. The summed E-state index contributed by atoms with van der Waals surface area (Å²) in [6.45, 7) is 2.14. The van der Waals surface area contributed by atoms with Crippen LogP contribution in [0, 0.1) is 0 Å². The largest absolute Gasteiger partial charge is 0.378 e. The predicted octanol–water partition coefficient (Wildman–Crippen LogP) is 5.62. The topological polar surface area (TPSA) is 15.3 Å². The third-order valence-electron chi connectivity index (χ3n) is 3.47. The first-order valence-electron chi connectivity index (χ1n) is 7.00. The molecule has 1 N–H and O–H groups in total. The molecule has 0 aliphatic carbocycles. The number of halogens is 2. The van der Waals surface area contributed by atoms with Gasteiger partial charge < -0.3 is 10.2 Å². The summed E-state index contributed by atoms with van der Waals surface area (Å²) in [5.74, 6) is 0. The Morgan fingerprint density at radius 1 is 1.05 bits per heavy atom. The number of benzene rings is 2. The molecule has 2 rings (SSSR count). The van der Waals surface area contributed by atoms with Crippen molar-refractivity contribution in [2.75, 3.05) is 24.3 Å². The van der Waals surface area contributed by atoms with Gasteiger partial charge >= 0.3 is 0 Å². The van der Waals surface area contributed by atoms with E-state index in [-0.39, 0.29) is 6.04 Å². The molecule has 1 unspecified atom stereocenters. The molecule has 0 bridgehead atoms. The summed E-state index contributed by atoms with van der Waals surface area (Å²) in [5, 5.41) is 4.89. The molecule has 4 heteroatoms. The normalized spacial score (nSPS) is 12.0. The van der Waals surface area contributed by atoms with E-state index in [0.29, 0.717) is 10.0 Å². The van der Waals surface area contributed by atoms with Crippen LogP contribution < -0.4 is 10.2 Å². The molecule has 0 aliphatic rings. The van der Waals surface area contributed by atoms with Crippen LogP contribution >= 0.6 is 23.2 Å². The summed E-state index contributed by atoms with van der Waals surface area (Å²) in [6, 6.07) is 14.2. The van der Waals surface area contributed by atoms with Crippen molar-refractivity contribution >= 4 is 34.6 Å². The highest BCUT2D eigenvalue weighted by Gasteiger charge is 2.13. The third kappa shape index (κ3) is 4.05. The summed E-state index contributed by atoms with van der Waals surface area (Å²) in [7, 11) is 4.07. The Balaban J connectivity index is 2.18. The predicted molar refractivity (Wildman–Crippen MR) is 93.9 cm³/mol. The zero-order chi connectivity index (χ0) is 15.4. The molecule has 2 aromatic carbocycles. The molecule has 112 valence electrons. The van der Waals surface area contributed by atoms with E-state index in [1.165, 1.54) is 5.69 Å². The van der Waals surface area contributed by atoms with Crippen molar-refractivity contribution in [2.45, 2.75) is 19.4 Å². The van der Waals surface area contributed by atoms with Crippen molar-refractivity contribution in [1.29, 1.82) is 0 Å². The van der Waals surface area contributed by atoms with Gasteiger partial charge in [-0.25, -0.2) is 0 Å². The van der Waals surface area contributed by atoms with Crippen molar-refractivity contribution in [3.8, 4) is 0 Å². The minimum atomic E-state index is 0.167. The van der Waals surface area contributed by atoms with Crippen LogP contribution in [0.4, 0.5) is 11.4 Å². The summed E-state index contributed by atoms with van der Waals surface area (Å²) in [5.41, 5.74) is 3.33. The fourth-order valence-corrected chi connectivity index (χ4v) is 2.78. The summed E-state index contributed by atoms with van der Waals surface area (Å²) >= 11 is 12.3. The van der Waals surface area contributed by atoms with E-state index < -0.39 is 0 Å². The molecule has 0 aromatic heterocycles. The van der Waals surface area contributed by atoms with Gasteiger partial charge in [0.15, 0.2) is 0 Å². The van der Waals surface area contributed by atoms with Crippen molar-refractivity contribution < 1.29 is 0 Å². The molecular formula is C17H20Cl2N2. The maximum Gasteiger partial charge on any atom is 0.0525 e.